The van der Waals surface area contributed by atoms with Crippen molar-refractivity contribution < 1.29 is 40.9 Å². The quantitative estimate of drug-likeness (QED) is 0.539. The van der Waals surface area contributed by atoms with Gasteiger partial charge in [-0.15, -0.1) is 0 Å². The molecule has 2 unspecified atom stereocenters. The molecule has 1 fully saturated rings. The normalized spacial score (nSPS) is 20.3. The van der Waals surface area contributed by atoms with Crippen LogP contribution < -0.4 is 21.7 Å². The molecule has 7 heteroatoms. The molecular formula is C13H16N2O4Pt. The number of carbonyl (C=O) groups is 2. The Hall–Kier alpha value is -1.23. The fourth-order valence-electron chi connectivity index (χ4n) is 1.79. The fourth-order valence-corrected chi connectivity index (χ4v) is 1.79. The van der Waals surface area contributed by atoms with E-state index in [1.165, 1.54) is 24.6 Å². The minimum Gasteiger partial charge on any atom is -0.545 e. The van der Waals surface area contributed by atoms with E-state index in [4.69, 9.17) is 11.5 Å². The minimum absolute atomic E-state index is 0. The third kappa shape index (κ3) is 5.82. The molecule has 1 aromatic rings. The van der Waals surface area contributed by atoms with Gasteiger partial charge in [0.05, 0.1) is 11.9 Å². The maximum Gasteiger partial charge on any atom is 2.00 e. The molecule has 1 aliphatic rings. The molecular weight excluding hydrogens is 443 g/mol. The van der Waals surface area contributed by atoms with Gasteiger partial charge >= 0.3 is 21.1 Å². The second kappa shape index (κ2) is 8.84. The van der Waals surface area contributed by atoms with Crippen molar-refractivity contribution >= 4 is 11.9 Å². The molecule has 0 bridgehead atoms. The summed E-state index contributed by atoms with van der Waals surface area (Å²) in [5, 5.41) is 20.5. The van der Waals surface area contributed by atoms with Crippen LogP contribution in [0.3, 0.4) is 0 Å². The van der Waals surface area contributed by atoms with Gasteiger partial charge in [0.1, 0.15) is 0 Å². The molecule has 112 valence electrons. The third-order valence-electron chi connectivity index (χ3n) is 2.96. The van der Waals surface area contributed by atoms with Gasteiger partial charge in [0.25, 0.3) is 0 Å². The first-order valence-electron chi connectivity index (χ1n) is 5.95. The van der Waals surface area contributed by atoms with Crippen LogP contribution in [0.2, 0.25) is 0 Å². The van der Waals surface area contributed by atoms with E-state index in [0.29, 0.717) is 12.1 Å². The summed E-state index contributed by atoms with van der Waals surface area (Å²) in [6.45, 7) is 0. The van der Waals surface area contributed by atoms with Gasteiger partial charge in [0.2, 0.25) is 0 Å². The van der Waals surface area contributed by atoms with Gasteiger partial charge in [-0.2, -0.15) is 0 Å². The number of nitrogens with two attached hydrogens (primary N) is 2. The summed E-state index contributed by atoms with van der Waals surface area (Å²) in [6.07, 6.45) is 3.48. The van der Waals surface area contributed by atoms with Gasteiger partial charge in [0.15, 0.2) is 0 Å². The van der Waals surface area contributed by atoms with E-state index in [0.717, 1.165) is 18.9 Å². The van der Waals surface area contributed by atoms with Crippen LogP contribution in [-0.4, -0.2) is 24.0 Å². The van der Waals surface area contributed by atoms with Crippen LogP contribution in [0, 0.1) is 0 Å². The monoisotopic (exact) mass is 459 g/mol. The van der Waals surface area contributed by atoms with E-state index < -0.39 is 11.9 Å². The summed E-state index contributed by atoms with van der Waals surface area (Å²) >= 11 is 0. The zero-order valence-electron chi connectivity index (χ0n) is 10.7. The van der Waals surface area contributed by atoms with Crippen molar-refractivity contribution in [3.63, 3.8) is 0 Å². The number of benzene rings is 1. The standard InChI is InChI=1S/C8H6O4.C5H12N2.Pt/c9-7(10)5-2-1-3-6(4-5)8(11)12;6-4-2-1-3-5(4)7;/h1-4H,(H,9,10)(H,11,12);4-5H,1-3,6-7H2;/q;;+2/p-2. The Bertz CT molecular complexity index is 430. The van der Waals surface area contributed by atoms with Crippen molar-refractivity contribution in [2.45, 2.75) is 31.3 Å². The van der Waals surface area contributed by atoms with Crippen molar-refractivity contribution in [2.75, 3.05) is 0 Å². The van der Waals surface area contributed by atoms with Crippen molar-refractivity contribution in [1.82, 2.24) is 0 Å². The first-order valence-corrected chi connectivity index (χ1v) is 5.95. The molecule has 2 rings (SSSR count). The van der Waals surface area contributed by atoms with Crippen molar-refractivity contribution in [3.05, 3.63) is 35.4 Å². The Kier molecular flexibility index (Phi) is 8.30. The van der Waals surface area contributed by atoms with Crippen LogP contribution in [0.1, 0.15) is 40.0 Å². The summed E-state index contributed by atoms with van der Waals surface area (Å²) in [6, 6.07) is 5.39. The first-order chi connectivity index (χ1) is 8.91. The van der Waals surface area contributed by atoms with Gasteiger partial charge in [-0.05, 0) is 30.0 Å². The van der Waals surface area contributed by atoms with E-state index in [9.17, 15) is 19.8 Å². The smallest absolute Gasteiger partial charge is 0.545 e. The Morgan fingerprint density at radius 2 is 1.40 bits per heavy atom. The number of carboxylic acid groups (broad SMARTS) is 2. The maximum atomic E-state index is 10.3. The van der Waals surface area contributed by atoms with Gasteiger partial charge in [-0.3, -0.25) is 0 Å². The number of carbonyl (C=O) groups excluding carboxylic acids is 2. The van der Waals surface area contributed by atoms with Gasteiger partial charge in [-0.25, -0.2) is 0 Å². The summed E-state index contributed by atoms with van der Waals surface area (Å²) in [5.74, 6) is -2.81. The third-order valence-corrected chi connectivity index (χ3v) is 2.96. The van der Waals surface area contributed by atoms with E-state index in [-0.39, 0.29) is 32.2 Å². The Morgan fingerprint density at radius 1 is 1.00 bits per heavy atom. The van der Waals surface area contributed by atoms with Crippen LogP contribution in [-0.2, 0) is 21.1 Å². The van der Waals surface area contributed by atoms with E-state index >= 15 is 0 Å². The molecule has 0 heterocycles. The number of aromatic carboxylic acids is 2. The molecule has 0 radical (unpaired) electrons. The molecule has 20 heavy (non-hydrogen) atoms. The fraction of sp³-hybridized carbons (Fsp3) is 0.385. The number of carboxylic acids is 2. The number of hydrogen-bond acceptors (Lipinski definition) is 6. The maximum absolute atomic E-state index is 10.3. The molecule has 1 aromatic carbocycles. The second-order valence-electron chi connectivity index (χ2n) is 4.41. The van der Waals surface area contributed by atoms with Crippen LogP contribution in [0.15, 0.2) is 24.3 Å². The molecule has 0 amide bonds. The van der Waals surface area contributed by atoms with Crippen molar-refractivity contribution in [2.24, 2.45) is 11.5 Å². The molecule has 6 nitrogen and oxygen atoms in total. The van der Waals surface area contributed by atoms with E-state index in [1.54, 1.807) is 0 Å². The van der Waals surface area contributed by atoms with E-state index in [2.05, 4.69) is 0 Å². The van der Waals surface area contributed by atoms with Crippen molar-refractivity contribution in [3.8, 4) is 0 Å². The van der Waals surface area contributed by atoms with Crippen LogP contribution in [0.25, 0.3) is 0 Å². The Balaban J connectivity index is 0.000000387. The van der Waals surface area contributed by atoms with E-state index in [1.807, 2.05) is 0 Å². The van der Waals surface area contributed by atoms with Crippen LogP contribution >= 0.6 is 0 Å². The number of hydrogen-bond donors (Lipinski definition) is 2. The molecule has 0 saturated heterocycles. The molecule has 0 spiro atoms. The summed E-state index contributed by atoms with van der Waals surface area (Å²) in [7, 11) is 0. The van der Waals surface area contributed by atoms with Crippen LogP contribution in [0.5, 0.6) is 0 Å². The molecule has 1 aliphatic carbocycles. The number of rotatable bonds is 2. The largest absolute Gasteiger partial charge is 2.00 e. The Morgan fingerprint density at radius 3 is 1.65 bits per heavy atom. The molecule has 4 N–H and O–H groups in total. The molecule has 1 saturated carbocycles. The second-order valence-corrected chi connectivity index (χ2v) is 4.41. The minimum atomic E-state index is -1.40. The first kappa shape index (κ1) is 18.8. The zero-order valence-corrected chi connectivity index (χ0v) is 13.0. The molecule has 0 aliphatic heterocycles. The van der Waals surface area contributed by atoms with Gasteiger partial charge in [0, 0.05) is 12.1 Å². The molecule has 2 atom stereocenters. The predicted molar refractivity (Wildman–Crippen MR) is 64.9 cm³/mol. The molecule has 0 aromatic heterocycles. The average molecular weight is 459 g/mol. The Labute approximate surface area is 131 Å². The van der Waals surface area contributed by atoms with Crippen molar-refractivity contribution in [1.29, 1.82) is 0 Å². The zero-order chi connectivity index (χ0) is 14.4. The van der Waals surface area contributed by atoms with Gasteiger partial charge < -0.3 is 31.3 Å². The predicted octanol–water partition coefficient (Wildman–Crippen LogP) is -1.76. The summed E-state index contributed by atoms with van der Waals surface area (Å²) in [5.41, 5.74) is 10.8. The summed E-state index contributed by atoms with van der Waals surface area (Å²) in [4.78, 5) is 20.5. The average Bonchev–Trinajstić information content (AvgIpc) is 2.74. The summed E-state index contributed by atoms with van der Waals surface area (Å²) < 4.78 is 0. The topological polar surface area (TPSA) is 132 Å². The van der Waals surface area contributed by atoms with Gasteiger partial charge in [-0.1, -0.05) is 24.6 Å². The van der Waals surface area contributed by atoms with Crippen LogP contribution in [0.4, 0.5) is 0 Å². The SMILES string of the molecule is NC1CCCC1N.O=C([O-])c1cccc(C(=O)[O-])c1.[Pt+2].